The number of esters is 1. The molecule has 0 radical (unpaired) electrons. The van der Waals surface area contributed by atoms with E-state index in [1.807, 2.05) is 0 Å². The summed E-state index contributed by atoms with van der Waals surface area (Å²) in [6, 6.07) is 10.1. The van der Waals surface area contributed by atoms with Gasteiger partial charge in [-0.15, -0.1) is 0 Å². The van der Waals surface area contributed by atoms with Gasteiger partial charge in [0.05, 0.1) is 12.0 Å². The fraction of sp³-hybridized carbons (Fsp3) is 0.136. The van der Waals surface area contributed by atoms with Gasteiger partial charge in [-0.3, -0.25) is 4.79 Å². The third kappa shape index (κ3) is 2.37. The van der Waals surface area contributed by atoms with Crippen molar-refractivity contribution in [2.75, 3.05) is 11.9 Å². The van der Waals surface area contributed by atoms with E-state index in [4.69, 9.17) is 19.6 Å². The van der Waals surface area contributed by atoms with Crippen LogP contribution in [0, 0.1) is 5.82 Å². The molecule has 0 fully saturated rings. The molecule has 1 amide bonds. The fourth-order valence-electron chi connectivity index (χ4n) is 4.25. The largest absolute Gasteiger partial charge is 0.462 e. The molecule has 2 aliphatic rings. The van der Waals surface area contributed by atoms with Gasteiger partial charge in [0.25, 0.3) is 0 Å². The predicted molar refractivity (Wildman–Crippen MR) is 107 cm³/mol. The average molecular weight is 422 g/mol. The van der Waals surface area contributed by atoms with Gasteiger partial charge in [-0.1, -0.05) is 12.1 Å². The molecule has 0 saturated heterocycles. The molecule has 8 nitrogen and oxygen atoms in total. The maximum Gasteiger partial charge on any atom is 0.345 e. The first-order chi connectivity index (χ1) is 14.9. The number of carbonyl (C=O) groups is 2. The number of rotatable bonds is 2. The van der Waals surface area contributed by atoms with Crippen LogP contribution in [0.4, 0.5) is 10.1 Å². The second-order valence-corrected chi connectivity index (χ2v) is 7.05. The van der Waals surface area contributed by atoms with Crippen molar-refractivity contribution in [3.63, 3.8) is 0 Å². The molecule has 1 atom stereocenters. The second kappa shape index (κ2) is 6.43. The molecule has 0 unspecified atom stereocenters. The Balaban J connectivity index is 1.98. The maximum absolute atomic E-state index is 14.3. The van der Waals surface area contributed by atoms with E-state index in [1.165, 1.54) is 6.07 Å². The molecule has 3 aromatic rings. The lowest BCUT2D eigenvalue weighted by Crippen LogP contribution is -2.48. The number of nitrogens with one attached hydrogen (secondary N) is 1. The van der Waals surface area contributed by atoms with Crippen molar-refractivity contribution in [1.29, 1.82) is 0 Å². The lowest BCUT2D eigenvalue weighted by molar-refractivity contribution is -0.140. The number of nitrogens with two attached hydrogens (primary N) is 1. The number of halogens is 1. The topological polar surface area (TPSA) is 121 Å². The SMILES string of the molecule is CCOC(=O)C1=C(N)Oc2c(c(=O)oc3ccccc23)[C@@]12C(=O)Nc1ccc(F)cc12. The number of fused-ring (bicyclic) bond motifs is 6. The standard InChI is InChI=1S/C22H15FN2O6/c1-2-29-19(26)16-18(24)31-17-11-5-3-4-6-14(11)30-20(27)15(17)22(16)12-9-10(23)7-8-13(12)25-21(22)28/h3-9H,2,24H2,1H3,(H,25,28)/t22-/m1/s1. The van der Waals surface area contributed by atoms with Crippen molar-refractivity contribution < 1.29 is 27.9 Å². The Morgan fingerprint density at radius 2 is 2.00 bits per heavy atom. The Morgan fingerprint density at radius 3 is 2.77 bits per heavy atom. The minimum absolute atomic E-state index is 0.0253. The lowest BCUT2D eigenvalue weighted by Gasteiger charge is -2.34. The van der Waals surface area contributed by atoms with Gasteiger partial charge in [0.15, 0.2) is 5.75 Å². The summed E-state index contributed by atoms with van der Waals surface area (Å²) in [5, 5.41) is 2.97. The summed E-state index contributed by atoms with van der Waals surface area (Å²) >= 11 is 0. The minimum atomic E-state index is -2.11. The van der Waals surface area contributed by atoms with E-state index < -0.39 is 40.2 Å². The molecular weight excluding hydrogens is 407 g/mol. The Kier molecular flexibility index (Phi) is 3.91. The van der Waals surface area contributed by atoms with Crippen molar-refractivity contribution in [3.8, 4) is 5.75 Å². The molecule has 1 aromatic heterocycles. The fourth-order valence-corrected chi connectivity index (χ4v) is 4.25. The van der Waals surface area contributed by atoms with E-state index in [9.17, 15) is 18.8 Å². The first kappa shape index (κ1) is 18.9. The van der Waals surface area contributed by atoms with Gasteiger partial charge in [-0.25, -0.2) is 14.0 Å². The smallest absolute Gasteiger partial charge is 0.345 e. The van der Waals surface area contributed by atoms with Crippen LogP contribution in [0.15, 0.2) is 63.1 Å². The summed E-state index contributed by atoms with van der Waals surface area (Å²) in [6.07, 6.45) is 0. The van der Waals surface area contributed by atoms with E-state index in [2.05, 4.69) is 5.32 Å². The van der Waals surface area contributed by atoms with E-state index in [0.29, 0.717) is 5.39 Å². The van der Waals surface area contributed by atoms with Crippen LogP contribution in [0.2, 0.25) is 0 Å². The zero-order valence-corrected chi connectivity index (χ0v) is 16.2. The maximum atomic E-state index is 14.3. The van der Waals surface area contributed by atoms with Crippen molar-refractivity contribution in [1.82, 2.24) is 0 Å². The first-order valence-corrected chi connectivity index (χ1v) is 9.42. The summed E-state index contributed by atoms with van der Waals surface area (Å²) in [6.45, 7) is 1.55. The lowest BCUT2D eigenvalue weighted by atomic mass is 9.68. The van der Waals surface area contributed by atoms with Crippen molar-refractivity contribution in [2.45, 2.75) is 12.3 Å². The summed E-state index contributed by atoms with van der Waals surface area (Å²) in [5.74, 6) is -2.87. The van der Waals surface area contributed by atoms with E-state index in [-0.39, 0.29) is 34.8 Å². The van der Waals surface area contributed by atoms with Crippen LogP contribution in [0.3, 0.4) is 0 Å². The van der Waals surface area contributed by atoms with Crippen molar-refractivity contribution in [3.05, 3.63) is 81.3 Å². The van der Waals surface area contributed by atoms with E-state index in [0.717, 1.165) is 12.1 Å². The number of hydrogen-bond donors (Lipinski definition) is 2. The van der Waals surface area contributed by atoms with Crippen molar-refractivity contribution in [2.24, 2.45) is 5.73 Å². The van der Waals surface area contributed by atoms with Gasteiger partial charge in [-0.2, -0.15) is 0 Å². The number of amides is 1. The number of benzene rings is 2. The molecule has 0 bridgehead atoms. The second-order valence-electron chi connectivity index (χ2n) is 7.05. The van der Waals surface area contributed by atoms with E-state index in [1.54, 1.807) is 31.2 Å². The number of ether oxygens (including phenoxy) is 2. The van der Waals surface area contributed by atoms with Gasteiger partial charge in [-0.05, 0) is 37.3 Å². The molecule has 3 heterocycles. The molecule has 2 aromatic carbocycles. The van der Waals surface area contributed by atoms with Crippen LogP contribution in [-0.4, -0.2) is 18.5 Å². The quantitative estimate of drug-likeness (QED) is 0.480. The number of carbonyl (C=O) groups excluding carboxylic acids is 2. The summed E-state index contributed by atoms with van der Waals surface area (Å²) in [4.78, 5) is 39.6. The Labute approximate surface area is 174 Å². The molecule has 31 heavy (non-hydrogen) atoms. The van der Waals surface area contributed by atoms with Gasteiger partial charge in [0.1, 0.15) is 28.0 Å². The minimum Gasteiger partial charge on any atom is -0.462 e. The highest BCUT2D eigenvalue weighted by molar-refractivity contribution is 6.18. The third-order valence-electron chi connectivity index (χ3n) is 5.43. The third-order valence-corrected chi connectivity index (χ3v) is 5.43. The zero-order chi connectivity index (χ0) is 21.9. The molecule has 0 saturated carbocycles. The van der Waals surface area contributed by atoms with Crippen LogP contribution in [0.5, 0.6) is 5.75 Å². The zero-order valence-electron chi connectivity index (χ0n) is 16.2. The normalized spacial score (nSPS) is 19.1. The number of hydrogen-bond acceptors (Lipinski definition) is 7. The highest BCUT2D eigenvalue weighted by Crippen LogP contribution is 2.53. The number of para-hydroxylation sites is 1. The Morgan fingerprint density at radius 1 is 1.23 bits per heavy atom. The molecular formula is C22H15FN2O6. The predicted octanol–water partition coefficient (Wildman–Crippen LogP) is 2.30. The molecule has 3 N–H and O–H groups in total. The van der Waals surface area contributed by atoms with Crippen LogP contribution in [0.25, 0.3) is 11.0 Å². The summed E-state index contributed by atoms with van der Waals surface area (Å²) < 4.78 is 30.6. The number of anilines is 1. The highest BCUT2D eigenvalue weighted by atomic mass is 19.1. The molecule has 0 aliphatic carbocycles. The van der Waals surface area contributed by atoms with Gasteiger partial charge < -0.3 is 24.9 Å². The van der Waals surface area contributed by atoms with Crippen LogP contribution in [-0.2, 0) is 19.7 Å². The molecule has 1 spiro atoms. The molecule has 5 rings (SSSR count). The average Bonchev–Trinajstić information content (AvgIpc) is 3.00. The molecule has 2 aliphatic heterocycles. The van der Waals surface area contributed by atoms with Gasteiger partial charge >= 0.3 is 11.6 Å². The highest BCUT2D eigenvalue weighted by Gasteiger charge is 2.61. The first-order valence-electron chi connectivity index (χ1n) is 9.42. The molecule has 9 heteroatoms. The Bertz CT molecular complexity index is 1390. The van der Waals surface area contributed by atoms with Gasteiger partial charge in [0, 0.05) is 11.3 Å². The summed E-state index contributed by atoms with van der Waals surface area (Å²) in [5.41, 5.74) is 2.88. The van der Waals surface area contributed by atoms with Gasteiger partial charge in [0.2, 0.25) is 11.8 Å². The summed E-state index contributed by atoms with van der Waals surface area (Å²) in [7, 11) is 0. The van der Waals surface area contributed by atoms with Crippen molar-refractivity contribution >= 4 is 28.5 Å². The van der Waals surface area contributed by atoms with Crippen LogP contribution >= 0.6 is 0 Å². The monoisotopic (exact) mass is 422 g/mol. The van der Waals surface area contributed by atoms with E-state index >= 15 is 0 Å². The van der Waals surface area contributed by atoms with Crippen LogP contribution in [0.1, 0.15) is 18.1 Å². The Hall–Kier alpha value is -4.14. The molecule has 156 valence electrons. The van der Waals surface area contributed by atoms with Crippen LogP contribution < -0.4 is 21.4 Å².